The van der Waals surface area contributed by atoms with E-state index in [0.29, 0.717) is 0 Å². The van der Waals surface area contributed by atoms with Gasteiger partial charge in [-0.3, -0.25) is 4.98 Å². The number of nitrogens with zero attached hydrogens (tertiary/aromatic N) is 2. The van der Waals surface area contributed by atoms with Gasteiger partial charge in [0.15, 0.2) is 0 Å². The quantitative estimate of drug-likeness (QED) is 0.382. The predicted octanol–water partition coefficient (Wildman–Crippen LogP) is 2.63. The number of hydrogen-bond acceptors (Lipinski definition) is 4. The van der Waals surface area contributed by atoms with Crippen molar-refractivity contribution in [3.63, 3.8) is 0 Å². The Hall–Kier alpha value is -2.20. The smallest absolute Gasteiger partial charge is 0.263 e. The van der Waals surface area contributed by atoms with Crippen molar-refractivity contribution >= 4 is 21.5 Å². The first-order valence-corrected chi connectivity index (χ1v) is 4.82. The van der Waals surface area contributed by atoms with Crippen LogP contribution >= 0.6 is 0 Å². The minimum absolute atomic E-state index is 0.219. The number of pyridine rings is 2. The van der Waals surface area contributed by atoms with Crippen molar-refractivity contribution in [2.24, 2.45) is 0 Å². The second-order valence-electron chi connectivity index (χ2n) is 3.50. The Morgan fingerprint density at radius 2 is 1.88 bits per heavy atom. The monoisotopic (exact) mass is 212 g/mol. The first kappa shape index (κ1) is 9.06. The second-order valence-corrected chi connectivity index (χ2v) is 3.50. The van der Waals surface area contributed by atoms with Gasteiger partial charge in [-0.15, -0.1) is 0 Å². The van der Waals surface area contributed by atoms with E-state index in [1.165, 1.54) is 0 Å². The van der Waals surface area contributed by atoms with Crippen LogP contribution in [0.1, 0.15) is 0 Å². The van der Waals surface area contributed by atoms with E-state index in [1.54, 1.807) is 18.6 Å². The summed E-state index contributed by atoms with van der Waals surface area (Å²) >= 11 is 0. The summed E-state index contributed by atoms with van der Waals surface area (Å²) in [4.78, 5) is 12.3. The third-order valence-corrected chi connectivity index (χ3v) is 2.57. The largest absolute Gasteiger partial charge is 0.319 e. The summed E-state index contributed by atoms with van der Waals surface area (Å²) in [5, 5.41) is 12.6. The Labute approximate surface area is 91.1 Å². The Morgan fingerprint density at radius 1 is 1.00 bits per heavy atom. The molecule has 3 aromatic rings. The van der Waals surface area contributed by atoms with Gasteiger partial charge in [0.25, 0.3) is 5.88 Å². The van der Waals surface area contributed by atoms with E-state index in [1.807, 2.05) is 24.3 Å². The fourth-order valence-electron chi connectivity index (χ4n) is 1.80. The van der Waals surface area contributed by atoms with Gasteiger partial charge in [-0.25, -0.2) is 10.2 Å². The molecule has 0 aliphatic carbocycles. The molecule has 0 bridgehead atoms. The van der Waals surface area contributed by atoms with Gasteiger partial charge < -0.3 is 4.89 Å². The van der Waals surface area contributed by atoms with Gasteiger partial charge >= 0.3 is 0 Å². The molecule has 0 amide bonds. The molecule has 0 saturated carbocycles. The van der Waals surface area contributed by atoms with E-state index in [0.717, 1.165) is 21.5 Å². The Morgan fingerprint density at radius 3 is 2.75 bits per heavy atom. The number of hydrogen-bond donors (Lipinski definition) is 1. The zero-order chi connectivity index (χ0) is 11.0. The fourth-order valence-corrected chi connectivity index (χ4v) is 1.80. The highest BCUT2D eigenvalue weighted by atomic mass is 17.1. The lowest BCUT2D eigenvalue weighted by Gasteiger charge is -2.03. The third kappa shape index (κ3) is 1.28. The maximum Gasteiger partial charge on any atom is 0.263 e. The minimum atomic E-state index is 0.219. The molecular weight excluding hydrogens is 204 g/mol. The highest BCUT2D eigenvalue weighted by Crippen LogP contribution is 2.27. The van der Waals surface area contributed by atoms with Gasteiger partial charge in [0, 0.05) is 29.4 Å². The van der Waals surface area contributed by atoms with Crippen LogP contribution in [0.3, 0.4) is 0 Å². The zero-order valence-electron chi connectivity index (χ0n) is 8.29. The average molecular weight is 212 g/mol. The SMILES string of the molecule is OOc1nccc2cc3cnccc3cc12. The van der Waals surface area contributed by atoms with Crippen LogP contribution in [0.25, 0.3) is 21.5 Å². The Balaban J connectivity index is 2.46. The molecule has 16 heavy (non-hydrogen) atoms. The first-order valence-electron chi connectivity index (χ1n) is 4.82. The van der Waals surface area contributed by atoms with Crippen LogP contribution in [-0.2, 0) is 0 Å². The summed E-state index contributed by atoms with van der Waals surface area (Å²) < 4.78 is 0. The summed E-state index contributed by atoms with van der Waals surface area (Å²) in [6.45, 7) is 0. The van der Waals surface area contributed by atoms with Crippen molar-refractivity contribution in [2.75, 3.05) is 0 Å². The van der Waals surface area contributed by atoms with Crippen molar-refractivity contribution in [3.8, 4) is 5.88 Å². The highest BCUT2D eigenvalue weighted by molar-refractivity contribution is 5.99. The molecule has 0 saturated heterocycles. The number of rotatable bonds is 1. The maximum absolute atomic E-state index is 8.73. The molecular formula is C12H8N2O2. The first-order chi connectivity index (χ1) is 7.88. The zero-order valence-corrected chi connectivity index (χ0v) is 8.29. The molecule has 3 rings (SSSR count). The normalized spacial score (nSPS) is 10.8. The van der Waals surface area contributed by atoms with E-state index in [4.69, 9.17) is 5.26 Å². The van der Waals surface area contributed by atoms with E-state index in [-0.39, 0.29) is 5.88 Å². The standard InChI is InChI=1S/C12H8N2O2/c15-16-12-11-6-8-1-3-13-7-10(8)5-9(11)2-4-14-12/h1-7,15H. The Bertz CT molecular complexity index is 667. The average Bonchev–Trinajstić information content (AvgIpc) is 2.35. The van der Waals surface area contributed by atoms with Gasteiger partial charge in [0.1, 0.15) is 0 Å². The Kier molecular flexibility index (Phi) is 1.94. The maximum atomic E-state index is 8.73. The molecule has 2 aromatic heterocycles. The molecule has 1 N–H and O–H groups in total. The molecule has 78 valence electrons. The van der Waals surface area contributed by atoms with Gasteiger partial charge in [0.05, 0.1) is 0 Å². The van der Waals surface area contributed by atoms with Gasteiger partial charge in [-0.1, -0.05) is 0 Å². The van der Waals surface area contributed by atoms with E-state index >= 15 is 0 Å². The molecule has 0 spiro atoms. The molecule has 4 heteroatoms. The molecule has 0 aliphatic rings. The number of fused-ring (bicyclic) bond motifs is 2. The van der Waals surface area contributed by atoms with Crippen molar-refractivity contribution in [1.29, 1.82) is 0 Å². The molecule has 4 nitrogen and oxygen atoms in total. The minimum Gasteiger partial charge on any atom is -0.319 e. The molecule has 0 unspecified atom stereocenters. The molecule has 0 fully saturated rings. The molecule has 0 atom stereocenters. The summed E-state index contributed by atoms with van der Waals surface area (Å²) in [6.07, 6.45) is 5.12. The van der Waals surface area contributed by atoms with Crippen molar-refractivity contribution < 1.29 is 10.1 Å². The molecule has 0 radical (unpaired) electrons. The van der Waals surface area contributed by atoms with E-state index in [2.05, 4.69) is 14.9 Å². The van der Waals surface area contributed by atoms with Gasteiger partial charge in [0.2, 0.25) is 0 Å². The van der Waals surface area contributed by atoms with Gasteiger partial charge in [-0.05, 0) is 35.0 Å². The summed E-state index contributed by atoms with van der Waals surface area (Å²) in [5.41, 5.74) is 0. The molecule has 2 heterocycles. The van der Waals surface area contributed by atoms with Gasteiger partial charge in [-0.2, -0.15) is 0 Å². The van der Waals surface area contributed by atoms with Crippen LogP contribution in [0.15, 0.2) is 42.9 Å². The lowest BCUT2D eigenvalue weighted by Crippen LogP contribution is -1.89. The van der Waals surface area contributed by atoms with Crippen LogP contribution in [0.2, 0.25) is 0 Å². The summed E-state index contributed by atoms with van der Waals surface area (Å²) in [5.74, 6) is 0.219. The third-order valence-electron chi connectivity index (χ3n) is 2.57. The predicted molar refractivity (Wildman–Crippen MR) is 60.3 cm³/mol. The van der Waals surface area contributed by atoms with Crippen LogP contribution < -0.4 is 4.89 Å². The lowest BCUT2D eigenvalue weighted by atomic mass is 10.1. The van der Waals surface area contributed by atoms with E-state index in [9.17, 15) is 0 Å². The van der Waals surface area contributed by atoms with Crippen LogP contribution in [0.5, 0.6) is 5.88 Å². The van der Waals surface area contributed by atoms with E-state index < -0.39 is 0 Å². The molecule has 1 aromatic carbocycles. The second kappa shape index (κ2) is 3.43. The van der Waals surface area contributed by atoms with Crippen molar-refractivity contribution in [2.45, 2.75) is 0 Å². The van der Waals surface area contributed by atoms with Crippen molar-refractivity contribution in [3.05, 3.63) is 42.9 Å². The summed E-state index contributed by atoms with van der Waals surface area (Å²) in [7, 11) is 0. The topological polar surface area (TPSA) is 55.2 Å². The number of benzene rings is 1. The fraction of sp³-hybridized carbons (Fsp3) is 0. The number of aromatic nitrogens is 2. The van der Waals surface area contributed by atoms with Crippen LogP contribution in [0.4, 0.5) is 0 Å². The lowest BCUT2D eigenvalue weighted by molar-refractivity contribution is -0.140. The van der Waals surface area contributed by atoms with Crippen molar-refractivity contribution in [1.82, 2.24) is 9.97 Å². The molecule has 0 aliphatic heterocycles. The highest BCUT2D eigenvalue weighted by Gasteiger charge is 2.05. The van der Waals surface area contributed by atoms with Crippen LogP contribution in [0, 0.1) is 0 Å². The summed E-state index contributed by atoms with van der Waals surface area (Å²) in [6, 6.07) is 7.68. The van der Waals surface area contributed by atoms with Crippen LogP contribution in [-0.4, -0.2) is 15.2 Å².